The molecule has 0 atom stereocenters. The molecule has 0 saturated heterocycles. The molecule has 6 heteroatoms. The molecule has 0 spiro atoms. The minimum atomic E-state index is -0.127. The molecule has 52 heavy (non-hydrogen) atoms. The molecule has 0 aliphatic heterocycles. The Morgan fingerprint density at radius 1 is 0.750 bits per heavy atom. The first-order chi connectivity index (χ1) is 24.6. The van der Waals surface area contributed by atoms with Crippen LogP contribution in [-0.2, 0) is 39.3 Å². The van der Waals surface area contributed by atoms with Crippen molar-refractivity contribution in [1.82, 2.24) is 19.3 Å². The molecule has 0 amide bonds. The number of benzene rings is 4. The van der Waals surface area contributed by atoms with Gasteiger partial charge in [0.1, 0.15) is 5.82 Å². The summed E-state index contributed by atoms with van der Waals surface area (Å²) >= 11 is 0. The average Bonchev–Trinajstić information content (AvgIpc) is 3.61. The first-order valence-electron chi connectivity index (χ1n) is 18.4. The summed E-state index contributed by atoms with van der Waals surface area (Å²) in [4.78, 5) is 4.82. The van der Waals surface area contributed by atoms with Crippen LogP contribution in [0.25, 0.3) is 44.4 Å². The number of unbranched alkanes of at least 4 members (excludes halogenated alkanes) is 1. The summed E-state index contributed by atoms with van der Waals surface area (Å²) in [6, 6.07) is 35.1. The van der Waals surface area contributed by atoms with E-state index in [1.54, 1.807) is 0 Å². The molecule has 5 nitrogen and oxygen atoms in total. The zero-order valence-corrected chi connectivity index (χ0v) is 33.9. The van der Waals surface area contributed by atoms with Gasteiger partial charge in [0.05, 0.1) is 5.69 Å². The van der Waals surface area contributed by atoms with Crippen LogP contribution in [-0.4, -0.2) is 19.3 Å². The smallest absolute Gasteiger partial charge is 0.509 e. The fourth-order valence-corrected chi connectivity index (χ4v) is 7.33. The maximum atomic E-state index is 6.73. The molecule has 0 bridgehead atoms. The largest absolute Gasteiger partial charge is 2.00 e. The monoisotopic (exact) mass is 867 g/mol. The van der Waals surface area contributed by atoms with Crippen molar-refractivity contribution in [3.8, 4) is 34.1 Å². The van der Waals surface area contributed by atoms with Crippen molar-refractivity contribution >= 4 is 21.8 Å². The maximum Gasteiger partial charge on any atom is 2.00 e. The van der Waals surface area contributed by atoms with Gasteiger partial charge in [-0.05, 0) is 97.0 Å². The van der Waals surface area contributed by atoms with Gasteiger partial charge in [0.15, 0.2) is 0 Å². The van der Waals surface area contributed by atoms with E-state index >= 15 is 0 Å². The van der Waals surface area contributed by atoms with E-state index in [0.717, 1.165) is 76.7 Å². The number of para-hydroxylation sites is 1. The Labute approximate surface area is 323 Å². The Kier molecular flexibility index (Phi) is 10.9. The van der Waals surface area contributed by atoms with Crippen molar-refractivity contribution < 1.29 is 25.8 Å². The first kappa shape index (κ1) is 37.3. The van der Waals surface area contributed by atoms with Crippen LogP contribution in [0.3, 0.4) is 0 Å². The van der Waals surface area contributed by atoms with Crippen LogP contribution in [0.4, 0.5) is 0 Å². The van der Waals surface area contributed by atoms with E-state index in [9.17, 15) is 0 Å². The van der Waals surface area contributed by atoms with Gasteiger partial charge in [-0.25, -0.2) is 4.98 Å². The SMILES string of the molecule is CCCCc1c(-c2c(C)cccc2C)c(C)nn1-c1[c-]c(Oc2[c-]c3c(cc2)c2ccccc2n3-c2cc(CCC)ccn2)cc(C(C)(C)C)c1.[Pt+2]. The molecule has 7 rings (SSSR count). The molecular formula is C46H48N4OPt. The Bertz CT molecular complexity index is 2350. The molecule has 0 unspecified atom stereocenters. The number of fused-ring (bicyclic) bond motifs is 3. The topological polar surface area (TPSA) is 44.9 Å². The van der Waals surface area contributed by atoms with E-state index in [4.69, 9.17) is 14.8 Å². The van der Waals surface area contributed by atoms with Crippen molar-refractivity contribution in [2.75, 3.05) is 0 Å². The Morgan fingerprint density at radius 2 is 1.52 bits per heavy atom. The second kappa shape index (κ2) is 15.2. The third-order valence-electron chi connectivity index (χ3n) is 9.93. The molecular weight excluding hydrogens is 820 g/mol. The van der Waals surface area contributed by atoms with Crippen molar-refractivity contribution in [2.24, 2.45) is 0 Å². The van der Waals surface area contributed by atoms with E-state index in [0.29, 0.717) is 11.5 Å². The summed E-state index contributed by atoms with van der Waals surface area (Å²) in [7, 11) is 0. The molecule has 3 aromatic heterocycles. The molecule has 3 heterocycles. The van der Waals surface area contributed by atoms with Crippen LogP contribution in [0.15, 0.2) is 85.1 Å². The number of aromatic nitrogens is 4. The van der Waals surface area contributed by atoms with Gasteiger partial charge in [-0.3, -0.25) is 4.68 Å². The summed E-state index contributed by atoms with van der Waals surface area (Å²) in [6.45, 7) is 17.7. The molecule has 7 aromatic rings. The van der Waals surface area contributed by atoms with Crippen molar-refractivity contribution in [2.45, 2.75) is 92.9 Å². The van der Waals surface area contributed by atoms with E-state index in [2.05, 4.69) is 150 Å². The van der Waals surface area contributed by atoms with Crippen molar-refractivity contribution in [1.29, 1.82) is 0 Å². The van der Waals surface area contributed by atoms with Gasteiger partial charge in [-0.2, -0.15) is 11.2 Å². The number of pyridine rings is 1. The zero-order valence-electron chi connectivity index (χ0n) is 31.6. The predicted molar refractivity (Wildman–Crippen MR) is 211 cm³/mol. The second-order valence-electron chi connectivity index (χ2n) is 14.9. The molecule has 0 saturated carbocycles. The molecule has 0 N–H and O–H groups in total. The molecule has 0 aliphatic carbocycles. The summed E-state index contributed by atoms with van der Waals surface area (Å²) in [5, 5.41) is 7.48. The Hall–Kier alpha value is -4.47. The van der Waals surface area contributed by atoms with Gasteiger partial charge in [0, 0.05) is 34.5 Å². The summed E-state index contributed by atoms with van der Waals surface area (Å²) in [5.41, 5.74) is 12.5. The predicted octanol–water partition coefficient (Wildman–Crippen LogP) is 11.9. The van der Waals surface area contributed by atoms with Gasteiger partial charge in [0.2, 0.25) is 0 Å². The van der Waals surface area contributed by atoms with Crippen LogP contribution in [0.1, 0.15) is 87.5 Å². The molecule has 4 aromatic carbocycles. The van der Waals surface area contributed by atoms with Crippen LogP contribution in [0.2, 0.25) is 0 Å². The van der Waals surface area contributed by atoms with Gasteiger partial charge in [-0.1, -0.05) is 89.4 Å². The molecule has 0 aliphatic rings. The van der Waals surface area contributed by atoms with E-state index in [-0.39, 0.29) is 26.5 Å². The standard InChI is InChI=1S/C46H48N4O.Pt/c1-9-11-19-41-45(44-30(3)16-14-17-31(44)4)32(5)48-50(41)35-26-34(46(6,7)8)27-37(28-35)51-36-21-22-39-38-18-12-13-20-40(38)49(42(39)29-36)43-25-33(15-10-2)23-24-47-43;/h12-14,16-18,20-27H,9-11,15,19H2,1-8H3;/q-2;+2. The minimum absolute atomic E-state index is 0. The van der Waals surface area contributed by atoms with Crippen LogP contribution >= 0.6 is 0 Å². The number of aryl methyl sites for hydroxylation is 4. The number of hydrogen-bond donors (Lipinski definition) is 0. The summed E-state index contributed by atoms with van der Waals surface area (Å²) in [5.74, 6) is 2.16. The second-order valence-corrected chi connectivity index (χ2v) is 14.9. The van der Waals surface area contributed by atoms with Crippen LogP contribution < -0.4 is 4.74 Å². The van der Waals surface area contributed by atoms with Crippen molar-refractivity contribution in [3.05, 3.63) is 131 Å². The normalized spacial score (nSPS) is 11.7. The number of rotatable bonds is 10. The van der Waals surface area contributed by atoms with E-state index < -0.39 is 0 Å². The quantitative estimate of drug-likeness (QED) is 0.129. The van der Waals surface area contributed by atoms with Gasteiger partial charge in [0.25, 0.3) is 0 Å². The summed E-state index contributed by atoms with van der Waals surface area (Å²) in [6.07, 6.45) is 7.10. The molecule has 0 radical (unpaired) electrons. The van der Waals surface area contributed by atoms with Crippen molar-refractivity contribution in [3.63, 3.8) is 0 Å². The number of ether oxygens (including phenoxy) is 1. The zero-order chi connectivity index (χ0) is 35.9. The van der Waals surface area contributed by atoms with Gasteiger partial charge >= 0.3 is 21.1 Å². The van der Waals surface area contributed by atoms with Crippen LogP contribution in [0, 0.1) is 32.9 Å². The Balaban J connectivity index is 0.00000464. The average molecular weight is 868 g/mol. The Morgan fingerprint density at radius 3 is 2.25 bits per heavy atom. The summed E-state index contributed by atoms with van der Waals surface area (Å²) < 4.78 is 11.1. The first-order valence-corrected chi connectivity index (χ1v) is 18.4. The van der Waals surface area contributed by atoms with Crippen LogP contribution in [0.5, 0.6) is 11.5 Å². The molecule has 268 valence electrons. The van der Waals surface area contributed by atoms with Gasteiger partial charge < -0.3 is 9.30 Å². The number of hydrogen-bond acceptors (Lipinski definition) is 3. The van der Waals surface area contributed by atoms with Gasteiger partial charge in [-0.15, -0.1) is 41.3 Å². The molecule has 0 fully saturated rings. The van der Waals surface area contributed by atoms with E-state index in [1.807, 2.05) is 12.3 Å². The third kappa shape index (κ3) is 7.13. The maximum absolute atomic E-state index is 6.73. The minimum Gasteiger partial charge on any atom is -0.509 e. The van der Waals surface area contributed by atoms with E-state index in [1.165, 1.54) is 33.5 Å². The fourth-order valence-electron chi connectivity index (χ4n) is 7.33. The fraction of sp³-hybridized carbons (Fsp3) is 0.304. The third-order valence-corrected chi connectivity index (χ3v) is 9.93. The number of nitrogens with zero attached hydrogens (tertiary/aromatic N) is 4.